The minimum atomic E-state index is 0.371. The van der Waals surface area contributed by atoms with Crippen LogP contribution in [0.5, 0.6) is 0 Å². The summed E-state index contributed by atoms with van der Waals surface area (Å²) in [6.07, 6.45) is 2.86. The highest BCUT2D eigenvalue weighted by Gasteiger charge is 2.18. The molecule has 60 valence electrons. The number of nitrogens with one attached hydrogen (secondary N) is 1. The normalized spacial score (nSPS) is 34.8. The monoisotopic (exact) mass is 143 g/mol. The molecular formula is C7H17N3. The Bertz CT molecular complexity index is 95.0. The zero-order valence-electron chi connectivity index (χ0n) is 6.80. The van der Waals surface area contributed by atoms with Crippen LogP contribution >= 0.6 is 0 Å². The average molecular weight is 143 g/mol. The van der Waals surface area contributed by atoms with Gasteiger partial charge in [0, 0.05) is 12.6 Å². The predicted octanol–water partition coefficient (Wildman–Crippen LogP) is -0.415. The fourth-order valence-corrected chi connectivity index (χ4v) is 1.30. The van der Waals surface area contributed by atoms with E-state index in [0.717, 1.165) is 13.0 Å². The highest BCUT2D eigenvalue weighted by Crippen LogP contribution is 2.07. The summed E-state index contributed by atoms with van der Waals surface area (Å²) in [5.41, 5.74) is 5.72. The summed E-state index contributed by atoms with van der Waals surface area (Å²) in [5.74, 6) is 0. The van der Waals surface area contributed by atoms with Crippen molar-refractivity contribution in [3.05, 3.63) is 0 Å². The summed E-state index contributed by atoms with van der Waals surface area (Å²) in [4.78, 5) is 2.20. The van der Waals surface area contributed by atoms with Crippen molar-refractivity contribution >= 4 is 0 Å². The summed E-state index contributed by atoms with van der Waals surface area (Å²) in [6, 6.07) is 0.371. The maximum absolute atomic E-state index is 5.72. The van der Waals surface area contributed by atoms with Crippen LogP contribution in [0, 0.1) is 0 Å². The van der Waals surface area contributed by atoms with Gasteiger partial charge in [-0.3, -0.25) is 4.90 Å². The van der Waals surface area contributed by atoms with E-state index in [1.54, 1.807) is 0 Å². The SMILES string of the molecule is CN(C)C1CCC(N)CN1. The Morgan fingerprint density at radius 2 is 2.10 bits per heavy atom. The molecule has 1 rings (SSSR count). The van der Waals surface area contributed by atoms with E-state index in [1.165, 1.54) is 6.42 Å². The quantitative estimate of drug-likeness (QED) is 0.524. The van der Waals surface area contributed by atoms with Crippen LogP contribution in [0.3, 0.4) is 0 Å². The van der Waals surface area contributed by atoms with Crippen molar-refractivity contribution in [1.29, 1.82) is 0 Å². The first-order chi connectivity index (χ1) is 4.70. The Balaban J connectivity index is 2.26. The molecule has 1 fully saturated rings. The topological polar surface area (TPSA) is 41.3 Å². The smallest absolute Gasteiger partial charge is 0.0593 e. The van der Waals surface area contributed by atoms with Crippen LogP contribution in [-0.4, -0.2) is 37.7 Å². The average Bonchev–Trinajstić information content (AvgIpc) is 1.88. The van der Waals surface area contributed by atoms with E-state index in [-0.39, 0.29) is 0 Å². The lowest BCUT2D eigenvalue weighted by Gasteiger charge is -2.32. The van der Waals surface area contributed by atoms with E-state index in [2.05, 4.69) is 24.3 Å². The molecule has 0 amide bonds. The van der Waals surface area contributed by atoms with Gasteiger partial charge in [-0.05, 0) is 26.9 Å². The van der Waals surface area contributed by atoms with E-state index in [9.17, 15) is 0 Å². The summed E-state index contributed by atoms with van der Waals surface area (Å²) in [5, 5.41) is 3.37. The largest absolute Gasteiger partial charge is 0.327 e. The second kappa shape index (κ2) is 3.32. The summed E-state index contributed by atoms with van der Waals surface area (Å²) >= 11 is 0. The van der Waals surface area contributed by atoms with Gasteiger partial charge in [-0.25, -0.2) is 0 Å². The lowest BCUT2D eigenvalue weighted by atomic mass is 10.1. The molecule has 1 aliphatic rings. The van der Waals surface area contributed by atoms with Gasteiger partial charge in [0.2, 0.25) is 0 Å². The van der Waals surface area contributed by atoms with E-state index in [4.69, 9.17) is 5.73 Å². The van der Waals surface area contributed by atoms with Crippen molar-refractivity contribution in [2.24, 2.45) is 5.73 Å². The minimum absolute atomic E-state index is 0.371. The third kappa shape index (κ3) is 1.94. The second-order valence-corrected chi connectivity index (χ2v) is 3.23. The van der Waals surface area contributed by atoms with Crippen molar-refractivity contribution in [1.82, 2.24) is 10.2 Å². The first-order valence-electron chi connectivity index (χ1n) is 3.85. The van der Waals surface area contributed by atoms with E-state index in [1.807, 2.05) is 0 Å². The summed E-state index contributed by atoms with van der Waals surface area (Å²) in [7, 11) is 4.18. The number of nitrogens with two attached hydrogens (primary N) is 1. The zero-order valence-corrected chi connectivity index (χ0v) is 6.80. The summed E-state index contributed by atoms with van der Waals surface area (Å²) in [6.45, 7) is 0.961. The second-order valence-electron chi connectivity index (χ2n) is 3.23. The molecule has 0 aliphatic carbocycles. The third-order valence-corrected chi connectivity index (χ3v) is 2.05. The molecule has 0 aromatic heterocycles. The number of hydrogen-bond acceptors (Lipinski definition) is 3. The van der Waals surface area contributed by atoms with Crippen LogP contribution in [-0.2, 0) is 0 Å². The highest BCUT2D eigenvalue weighted by molar-refractivity contribution is 4.77. The van der Waals surface area contributed by atoms with Gasteiger partial charge in [-0.2, -0.15) is 0 Å². The molecule has 2 unspecified atom stereocenters. The molecule has 3 heteroatoms. The molecule has 0 aromatic carbocycles. The molecule has 0 spiro atoms. The van der Waals surface area contributed by atoms with Crippen molar-refractivity contribution in [3.8, 4) is 0 Å². The molecule has 1 heterocycles. The molecule has 1 aliphatic heterocycles. The molecular weight excluding hydrogens is 126 g/mol. The van der Waals surface area contributed by atoms with E-state index < -0.39 is 0 Å². The first kappa shape index (κ1) is 7.98. The summed E-state index contributed by atoms with van der Waals surface area (Å²) < 4.78 is 0. The molecule has 2 atom stereocenters. The van der Waals surface area contributed by atoms with Crippen molar-refractivity contribution < 1.29 is 0 Å². The lowest BCUT2D eigenvalue weighted by molar-refractivity contribution is 0.194. The Hall–Kier alpha value is -0.120. The van der Waals surface area contributed by atoms with Crippen LogP contribution in [0.1, 0.15) is 12.8 Å². The fourth-order valence-electron chi connectivity index (χ4n) is 1.30. The van der Waals surface area contributed by atoms with Crippen LogP contribution in [0.2, 0.25) is 0 Å². The van der Waals surface area contributed by atoms with Gasteiger partial charge >= 0.3 is 0 Å². The van der Waals surface area contributed by atoms with Gasteiger partial charge in [0.05, 0.1) is 6.17 Å². The standard InChI is InChI=1S/C7H17N3/c1-10(2)7-4-3-6(8)5-9-7/h6-7,9H,3-5,8H2,1-2H3. The fraction of sp³-hybridized carbons (Fsp3) is 1.00. The Morgan fingerprint density at radius 1 is 1.40 bits per heavy atom. The van der Waals surface area contributed by atoms with Gasteiger partial charge in [0.15, 0.2) is 0 Å². The van der Waals surface area contributed by atoms with E-state index in [0.29, 0.717) is 12.2 Å². The third-order valence-electron chi connectivity index (χ3n) is 2.05. The van der Waals surface area contributed by atoms with Crippen LogP contribution in [0.4, 0.5) is 0 Å². The number of nitrogens with zero attached hydrogens (tertiary/aromatic N) is 1. The van der Waals surface area contributed by atoms with Crippen molar-refractivity contribution in [2.75, 3.05) is 20.6 Å². The molecule has 0 radical (unpaired) electrons. The Kier molecular flexibility index (Phi) is 2.65. The molecule has 0 aromatic rings. The molecule has 3 nitrogen and oxygen atoms in total. The van der Waals surface area contributed by atoms with Crippen LogP contribution in [0.25, 0.3) is 0 Å². The van der Waals surface area contributed by atoms with E-state index >= 15 is 0 Å². The van der Waals surface area contributed by atoms with Crippen molar-refractivity contribution in [2.45, 2.75) is 25.0 Å². The molecule has 0 bridgehead atoms. The van der Waals surface area contributed by atoms with Crippen molar-refractivity contribution in [3.63, 3.8) is 0 Å². The molecule has 1 saturated heterocycles. The van der Waals surface area contributed by atoms with Gasteiger partial charge in [-0.15, -0.1) is 0 Å². The Labute approximate surface area is 62.6 Å². The molecule has 0 saturated carbocycles. The van der Waals surface area contributed by atoms with Crippen LogP contribution < -0.4 is 11.1 Å². The van der Waals surface area contributed by atoms with Crippen LogP contribution in [0.15, 0.2) is 0 Å². The number of rotatable bonds is 1. The maximum atomic E-state index is 5.72. The number of hydrogen-bond donors (Lipinski definition) is 2. The van der Waals surface area contributed by atoms with Gasteiger partial charge in [-0.1, -0.05) is 0 Å². The van der Waals surface area contributed by atoms with Gasteiger partial charge < -0.3 is 11.1 Å². The zero-order chi connectivity index (χ0) is 7.56. The Morgan fingerprint density at radius 3 is 2.50 bits per heavy atom. The molecule has 10 heavy (non-hydrogen) atoms. The number of piperidine rings is 1. The lowest BCUT2D eigenvalue weighted by Crippen LogP contribution is -2.51. The minimum Gasteiger partial charge on any atom is -0.327 e. The predicted molar refractivity (Wildman–Crippen MR) is 42.7 cm³/mol. The van der Waals surface area contributed by atoms with Gasteiger partial charge in [0.25, 0.3) is 0 Å². The van der Waals surface area contributed by atoms with Gasteiger partial charge in [0.1, 0.15) is 0 Å². The highest BCUT2D eigenvalue weighted by atomic mass is 15.2. The first-order valence-corrected chi connectivity index (χ1v) is 3.85. The maximum Gasteiger partial charge on any atom is 0.0593 e. The molecule has 3 N–H and O–H groups in total.